The lowest BCUT2D eigenvalue weighted by Crippen LogP contribution is -2.45. The molecule has 0 saturated heterocycles. The Hall–Kier alpha value is -4.62. The third-order valence-corrected chi connectivity index (χ3v) is 7.73. The fourth-order valence-electron chi connectivity index (χ4n) is 4.73. The van der Waals surface area contributed by atoms with E-state index in [9.17, 15) is 27.9 Å². The minimum absolute atomic E-state index is 0.151. The topological polar surface area (TPSA) is 159 Å². The number of benzene rings is 4. The van der Waals surface area contributed by atoms with E-state index in [0.29, 0.717) is 54.6 Å². The van der Waals surface area contributed by atoms with Crippen LogP contribution in [0.25, 0.3) is 11.1 Å². The predicted octanol–water partition coefficient (Wildman–Crippen LogP) is 5.83. The Bertz CT molecular complexity index is 1740. The van der Waals surface area contributed by atoms with Gasteiger partial charge < -0.3 is 31.9 Å². The van der Waals surface area contributed by atoms with Gasteiger partial charge in [-0.1, -0.05) is 77.8 Å². The first-order valence-corrected chi connectivity index (χ1v) is 15.7. The number of alkyl halides is 3. The van der Waals surface area contributed by atoms with Gasteiger partial charge in [0.25, 0.3) is 5.91 Å². The van der Waals surface area contributed by atoms with Crippen LogP contribution in [0.15, 0.2) is 91.0 Å². The zero-order valence-corrected chi connectivity index (χ0v) is 27.6. The third-order valence-electron chi connectivity index (χ3n) is 7.14. The summed E-state index contributed by atoms with van der Waals surface area (Å²) in [6.07, 6.45) is -4.25. The van der Waals surface area contributed by atoms with Crippen molar-refractivity contribution in [3.8, 4) is 16.9 Å². The molecule has 0 aliphatic rings. The summed E-state index contributed by atoms with van der Waals surface area (Å²) in [4.78, 5) is 37.1. The van der Waals surface area contributed by atoms with E-state index < -0.39 is 18.2 Å². The number of aromatic hydroxyl groups is 1. The predicted molar refractivity (Wildman–Crippen MR) is 182 cm³/mol. The number of amides is 2. The van der Waals surface area contributed by atoms with Gasteiger partial charge >= 0.3 is 12.1 Å². The number of carboxylic acids is 1. The van der Waals surface area contributed by atoms with Gasteiger partial charge in [0.1, 0.15) is 5.75 Å². The van der Waals surface area contributed by atoms with E-state index in [-0.39, 0.29) is 17.6 Å². The fraction of sp³-hybridized carbons (Fsp3) is 0.229. The van der Waals surface area contributed by atoms with Crippen molar-refractivity contribution in [3.63, 3.8) is 0 Å². The van der Waals surface area contributed by atoms with Crippen LogP contribution in [-0.4, -0.2) is 64.7 Å². The summed E-state index contributed by atoms with van der Waals surface area (Å²) >= 11 is 12.5. The molecule has 0 spiro atoms. The van der Waals surface area contributed by atoms with Crippen molar-refractivity contribution in [2.75, 3.05) is 19.6 Å². The fourth-order valence-corrected chi connectivity index (χ4v) is 5.23. The Morgan fingerprint density at radius 1 is 0.898 bits per heavy atom. The second-order valence-electron chi connectivity index (χ2n) is 10.8. The molecule has 14 heteroatoms. The van der Waals surface area contributed by atoms with Gasteiger partial charge in [0, 0.05) is 41.8 Å². The SMILES string of the molecule is NCCNC(=O)c1ccccc1-c1cccc(CN(CCc2ccc(Cl)cc2Cl)C(=O)[C@@H](N)Cc2ccc(O)cc2)c1.O=C(O)C(F)(F)F. The second kappa shape index (κ2) is 18.2. The van der Waals surface area contributed by atoms with Crippen LogP contribution in [0.4, 0.5) is 13.2 Å². The van der Waals surface area contributed by atoms with Gasteiger partial charge in [-0.2, -0.15) is 13.2 Å². The van der Waals surface area contributed by atoms with Crippen molar-refractivity contribution in [3.05, 3.63) is 123 Å². The van der Waals surface area contributed by atoms with E-state index in [2.05, 4.69) is 5.32 Å². The molecule has 4 rings (SSSR count). The number of nitrogens with two attached hydrogens (primary N) is 2. The highest BCUT2D eigenvalue weighted by Gasteiger charge is 2.38. The number of halogens is 5. The Balaban J connectivity index is 0.000000838. The molecule has 4 aromatic rings. The first-order chi connectivity index (χ1) is 23.2. The normalized spacial score (nSPS) is 11.6. The molecule has 0 aliphatic heterocycles. The molecule has 0 fully saturated rings. The zero-order valence-electron chi connectivity index (χ0n) is 26.1. The van der Waals surface area contributed by atoms with Crippen LogP contribution in [0.1, 0.15) is 27.0 Å². The highest BCUT2D eigenvalue weighted by Crippen LogP contribution is 2.26. The van der Waals surface area contributed by atoms with Crippen LogP contribution in [0.2, 0.25) is 10.0 Å². The molecular formula is C35H35Cl2F3N4O5. The van der Waals surface area contributed by atoms with E-state index in [4.69, 9.17) is 44.6 Å². The van der Waals surface area contributed by atoms with Crippen LogP contribution in [-0.2, 0) is 29.0 Å². The minimum atomic E-state index is -5.08. The van der Waals surface area contributed by atoms with Crippen LogP contribution in [0.3, 0.4) is 0 Å². The maximum Gasteiger partial charge on any atom is 0.490 e. The molecule has 0 saturated carbocycles. The summed E-state index contributed by atoms with van der Waals surface area (Å²) in [5.41, 5.74) is 16.8. The summed E-state index contributed by atoms with van der Waals surface area (Å²) in [5, 5.41) is 20.6. The van der Waals surface area contributed by atoms with Crippen LogP contribution in [0.5, 0.6) is 5.75 Å². The van der Waals surface area contributed by atoms with Gasteiger partial charge in [0.05, 0.1) is 6.04 Å². The summed E-state index contributed by atoms with van der Waals surface area (Å²) in [6.45, 7) is 1.42. The first kappa shape index (κ1) is 38.8. The number of rotatable bonds is 12. The van der Waals surface area contributed by atoms with Gasteiger partial charge in [-0.25, -0.2) is 4.79 Å². The molecule has 0 heterocycles. The van der Waals surface area contributed by atoms with Gasteiger partial charge in [-0.3, -0.25) is 9.59 Å². The van der Waals surface area contributed by atoms with Gasteiger partial charge in [0.2, 0.25) is 5.91 Å². The summed E-state index contributed by atoms with van der Waals surface area (Å²) in [5.74, 6) is -3.01. The number of phenolic OH excluding ortho intramolecular Hbond substituents is 1. The van der Waals surface area contributed by atoms with Crippen molar-refractivity contribution < 1.29 is 37.8 Å². The molecule has 4 aromatic carbocycles. The molecule has 49 heavy (non-hydrogen) atoms. The minimum Gasteiger partial charge on any atom is -0.508 e. The molecule has 9 nitrogen and oxygen atoms in total. The van der Waals surface area contributed by atoms with Crippen molar-refractivity contribution in [2.24, 2.45) is 11.5 Å². The summed E-state index contributed by atoms with van der Waals surface area (Å²) in [6, 6.07) is 26.4. The lowest BCUT2D eigenvalue weighted by molar-refractivity contribution is -0.192. The Morgan fingerprint density at radius 2 is 1.57 bits per heavy atom. The standard InChI is InChI=1S/C33H34Cl2N4O3.C2HF3O2/c34-26-11-10-24(30(35)20-26)14-17-39(33(42)31(37)19-22-8-12-27(40)13-9-22)21-23-4-3-5-25(18-23)28-6-1-2-7-29(28)32(41)38-16-15-36;3-2(4,5)1(6)7/h1-13,18,20,31,40H,14-17,19,21,36-37H2,(H,38,41);(H,6,7)/t31-;/m0./s1. The number of nitrogens with zero attached hydrogens (tertiary/aromatic N) is 1. The number of phenols is 1. The smallest absolute Gasteiger partial charge is 0.490 e. The number of carbonyl (C=O) groups is 3. The van der Waals surface area contributed by atoms with E-state index in [0.717, 1.165) is 27.8 Å². The van der Waals surface area contributed by atoms with E-state index >= 15 is 0 Å². The van der Waals surface area contributed by atoms with Gasteiger partial charge in [-0.15, -0.1) is 0 Å². The molecule has 0 unspecified atom stereocenters. The van der Waals surface area contributed by atoms with Crippen molar-refractivity contribution >= 4 is 41.0 Å². The third kappa shape index (κ3) is 12.1. The van der Waals surface area contributed by atoms with Crippen molar-refractivity contribution in [1.82, 2.24) is 10.2 Å². The largest absolute Gasteiger partial charge is 0.508 e. The van der Waals surface area contributed by atoms with Crippen molar-refractivity contribution in [1.29, 1.82) is 0 Å². The summed E-state index contributed by atoms with van der Waals surface area (Å²) < 4.78 is 31.7. The molecule has 0 radical (unpaired) electrons. The molecule has 2 amide bonds. The molecule has 1 atom stereocenters. The number of carbonyl (C=O) groups excluding carboxylic acids is 2. The first-order valence-electron chi connectivity index (χ1n) is 14.9. The van der Waals surface area contributed by atoms with Gasteiger partial charge in [-0.05, 0) is 77.1 Å². The number of hydrogen-bond acceptors (Lipinski definition) is 6. The maximum absolute atomic E-state index is 13.7. The van der Waals surface area contributed by atoms with E-state index in [1.807, 2.05) is 48.5 Å². The molecule has 0 bridgehead atoms. The maximum atomic E-state index is 13.7. The average Bonchev–Trinajstić information content (AvgIpc) is 3.06. The molecule has 0 aromatic heterocycles. The van der Waals surface area contributed by atoms with E-state index in [1.165, 1.54) is 0 Å². The van der Waals surface area contributed by atoms with Crippen LogP contribution in [0, 0.1) is 0 Å². The molecular weight excluding hydrogens is 684 g/mol. The Morgan fingerprint density at radius 3 is 2.20 bits per heavy atom. The second-order valence-corrected chi connectivity index (χ2v) is 11.7. The van der Waals surface area contributed by atoms with Crippen LogP contribution < -0.4 is 16.8 Å². The quantitative estimate of drug-likeness (QED) is 0.123. The number of hydrogen-bond donors (Lipinski definition) is 5. The van der Waals surface area contributed by atoms with E-state index in [1.54, 1.807) is 47.4 Å². The Kier molecular flexibility index (Phi) is 14.4. The monoisotopic (exact) mass is 718 g/mol. The zero-order chi connectivity index (χ0) is 36.1. The molecule has 260 valence electrons. The Labute approximate surface area is 291 Å². The van der Waals surface area contributed by atoms with Crippen molar-refractivity contribution in [2.45, 2.75) is 31.6 Å². The number of carboxylic acid groups (broad SMARTS) is 1. The lowest BCUT2D eigenvalue weighted by atomic mass is 9.97. The van der Waals surface area contributed by atoms with Crippen LogP contribution >= 0.6 is 23.2 Å². The molecule has 7 N–H and O–H groups in total. The highest BCUT2D eigenvalue weighted by molar-refractivity contribution is 6.35. The summed E-state index contributed by atoms with van der Waals surface area (Å²) in [7, 11) is 0. The number of nitrogens with one attached hydrogen (secondary N) is 1. The number of aliphatic carboxylic acids is 1. The molecule has 0 aliphatic carbocycles. The highest BCUT2D eigenvalue weighted by atomic mass is 35.5. The lowest BCUT2D eigenvalue weighted by Gasteiger charge is -2.27. The van der Waals surface area contributed by atoms with Gasteiger partial charge in [0.15, 0.2) is 0 Å². The average molecular weight is 720 g/mol.